The minimum absolute atomic E-state index is 0.231. The second-order valence-corrected chi connectivity index (χ2v) is 10.7. The van der Waals surface area contributed by atoms with Gasteiger partial charge in [0.25, 0.3) is 0 Å². The molecule has 4 rings (SSSR count). The van der Waals surface area contributed by atoms with E-state index in [-0.39, 0.29) is 17.0 Å². The maximum absolute atomic E-state index is 13.3. The average molecular weight is 516 g/mol. The maximum Gasteiger partial charge on any atom is 0.409 e. The number of nitrogens with one attached hydrogen (secondary N) is 2. The van der Waals surface area contributed by atoms with Crippen molar-refractivity contribution < 1.29 is 17.9 Å². The topological polar surface area (TPSA) is 87.7 Å². The largest absolute Gasteiger partial charge is 0.450 e. The zero-order chi connectivity index (χ0) is 24.8. The summed E-state index contributed by atoms with van der Waals surface area (Å²) in [5.74, 6) is 0. The van der Waals surface area contributed by atoms with E-state index < -0.39 is 10.0 Å². The van der Waals surface area contributed by atoms with E-state index >= 15 is 0 Å². The van der Waals surface area contributed by atoms with Crippen molar-refractivity contribution in [2.45, 2.75) is 43.8 Å². The Hall–Kier alpha value is -2.65. The van der Waals surface area contributed by atoms with E-state index in [1.54, 1.807) is 17.9 Å². The predicted octanol–water partition coefficient (Wildman–Crippen LogP) is 4.68. The summed E-state index contributed by atoms with van der Waals surface area (Å²) in [6.45, 7) is 4.30. The molecule has 2 N–H and O–H groups in total. The number of ether oxygens (including phenoxy) is 1. The standard InChI is InChI=1S/C26H30ClN3O4S/c1-2-34-26(31)30-15-13-22(14-16-30)29-35(32,33)25-12-9-20(23-5-3-4-6-24(23)25)18-28-17-19-7-10-21(27)11-8-19/h3-12,22,28-29H,2,13-18H2,1H3. The van der Waals surface area contributed by atoms with Crippen LogP contribution in [0.3, 0.4) is 0 Å². The molecule has 1 saturated heterocycles. The van der Waals surface area contributed by atoms with Crippen molar-refractivity contribution in [3.63, 3.8) is 0 Å². The normalized spacial score (nSPS) is 14.9. The Morgan fingerprint density at radius 1 is 1.00 bits per heavy atom. The van der Waals surface area contributed by atoms with Gasteiger partial charge in [0.05, 0.1) is 11.5 Å². The first kappa shape index (κ1) is 25.4. The van der Waals surface area contributed by atoms with Crippen LogP contribution in [0.5, 0.6) is 0 Å². The maximum atomic E-state index is 13.3. The minimum atomic E-state index is -3.74. The van der Waals surface area contributed by atoms with Crippen molar-refractivity contribution in [2.24, 2.45) is 0 Å². The van der Waals surface area contributed by atoms with Gasteiger partial charge in [0.1, 0.15) is 0 Å². The summed E-state index contributed by atoms with van der Waals surface area (Å²) in [6.07, 6.45) is 0.741. The van der Waals surface area contributed by atoms with Gasteiger partial charge in [-0.25, -0.2) is 17.9 Å². The lowest BCUT2D eigenvalue weighted by Crippen LogP contribution is -2.46. The van der Waals surface area contributed by atoms with Gasteiger partial charge in [0.2, 0.25) is 10.0 Å². The van der Waals surface area contributed by atoms with Crippen LogP contribution in [0.25, 0.3) is 10.8 Å². The van der Waals surface area contributed by atoms with Gasteiger partial charge in [-0.3, -0.25) is 0 Å². The highest BCUT2D eigenvalue weighted by Crippen LogP contribution is 2.27. The minimum Gasteiger partial charge on any atom is -0.450 e. The fourth-order valence-electron chi connectivity index (χ4n) is 4.34. The third kappa shape index (κ3) is 6.32. The molecule has 1 heterocycles. The quantitative estimate of drug-likeness (QED) is 0.454. The molecule has 0 bridgehead atoms. The van der Waals surface area contributed by atoms with Gasteiger partial charge >= 0.3 is 6.09 Å². The van der Waals surface area contributed by atoms with Crippen LogP contribution in [0, 0.1) is 0 Å². The highest BCUT2D eigenvalue weighted by atomic mass is 35.5. The summed E-state index contributed by atoms with van der Waals surface area (Å²) >= 11 is 5.96. The summed E-state index contributed by atoms with van der Waals surface area (Å²) < 4.78 is 34.5. The van der Waals surface area contributed by atoms with E-state index in [2.05, 4.69) is 10.0 Å². The number of hydrogen-bond donors (Lipinski definition) is 2. The smallest absolute Gasteiger partial charge is 0.409 e. The van der Waals surface area contributed by atoms with Gasteiger partial charge < -0.3 is 15.0 Å². The van der Waals surface area contributed by atoms with E-state index in [1.807, 2.05) is 54.6 Å². The predicted molar refractivity (Wildman–Crippen MR) is 138 cm³/mol. The fourth-order valence-corrected chi connectivity index (χ4v) is 5.99. The number of benzene rings is 3. The van der Waals surface area contributed by atoms with Gasteiger partial charge in [-0.1, -0.05) is 54.1 Å². The van der Waals surface area contributed by atoms with Crippen LogP contribution in [0.4, 0.5) is 4.79 Å². The zero-order valence-electron chi connectivity index (χ0n) is 19.7. The number of rotatable bonds is 8. The molecule has 3 aromatic carbocycles. The van der Waals surface area contributed by atoms with Crippen LogP contribution in [0.15, 0.2) is 65.6 Å². The lowest BCUT2D eigenvalue weighted by Gasteiger charge is -2.31. The van der Waals surface area contributed by atoms with Crippen molar-refractivity contribution in [1.82, 2.24) is 14.9 Å². The second kappa shape index (κ2) is 11.4. The number of sulfonamides is 1. The molecule has 35 heavy (non-hydrogen) atoms. The Kier molecular flexibility index (Phi) is 8.28. The van der Waals surface area contributed by atoms with E-state index in [1.165, 1.54) is 0 Å². The molecule has 186 valence electrons. The molecule has 0 aliphatic carbocycles. The third-order valence-electron chi connectivity index (χ3n) is 6.16. The van der Waals surface area contributed by atoms with Crippen LogP contribution in [0.2, 0.25) is 5.02 Å². The monoisotopic (exact) mass is 515 g/mol. The summed E-state index contributed by atoms with van der Waals surface area (Å²) in [5, 5.41) is 5.72. The second-order valence-electron chi connectivity index (χ2n) is 8.58. The van der Waals surface area contributed by atoms with Crippen LogP contribution in [-0.4, -0.2) is 45.1 Å². The van der Waals surface area contributed by atoms with Crippen LogP contribution < -0.4 is 10.0 Å². The first-order valence-electron chi connectivity index (χ1n) is 11.8. The molecular formula is C26H30ClN3O4S. The number of amides is 1. The molecule has 0 saturated carbocycles. The van der Waals surface area contributed by atoms with Gasteiger partial charge in [0.15, 0.2) is 0 Å². The lowest BCUT2D eigenvalue weighted by molar-refractivity contribution is 0.0966. The molecule has 7 nitrogen and oxygen atoms in total. The molecule has 3 aromatic rings. The molecular weight excluding hydrogens is 486 g/mol. The number of carbonyl (C=O) groups is 1. The Bertz CT molecular complexity index is 1270. The Morgan fingerprint density at radius 2 is 1.69 bits per heavy atom. The molecule has 0 aromatic heterocycles. The van der Waals surface area contributed by atoms with Crippen molar-refractivity contribution in [3.05, 3.63) is 76.8 Å². The van der Waals surface area contributed by atoms with Crippen LogP contribution in [-0.2, 0) is 27.8 Å². The molecule has 9 heteroatoms. The first-order chi connectivity index (χ1) is 16.9. The molecule has 1 amide bonds. The summed E-state index contributed by atoms with van der Waals surface area (Å²) in [6, 6.07) is 18.6. The van der Waals surface area contributed by atoms with Gasteiger partial charge in [-0.15, -0.1) is 0 Å². The van der Waals surface area contributed by atoms with Gasteiger partial charge in [0, 0.05) is 42.6 Å². The van der Waals surface area contributed by atoms with E-state index in [4.69, 9.17) is 16.3 Å². The van der Waals surface area contributed by atoms with Crippen molar-refractivity contribution in [1.29, 1.82) is 0 Å². The molecule has 1 aliphatic rings. The SMILES string of the molecule is CCOC(=O)N1CCC(NS(=O)(=O)c2ccc(CNCc3ccc(Cl)cc3)c3ccccc23)CC1. The molecule has 0 atom stereocenters. The molecule has 1 aliphatic heterocycles. The van der Waals surface area contributed by atoms with E-state index in [0.717, 1.165) is 16.5 Å². The van der Waals surface area contributed by atoms with Crippen molar-refractivity contribution in [3.8, 4) is 0 Å². The van der Waals surface area contributed by atoms with Crippen molar-refractivity contribution >= 4 is 38.5 Å². The number of likely N-dealkylation sites (tertiary alicyclic amines) is 1. The van der Waals surface area contributed by atoms with Crippen LogP contribution >= 0.6 is 11.6 Å². The highest BCUT2D eigenvalue weighted by Gasteiger charge is 2.28. The Morgan fingerprint density at radius 3 is 2.37 bits per heavy atom. The van der Waals surface area contributed by atoms with Gasteiger partial charge in [-0.2, -0.15) is 0 Å². The van der Waals surface area contributed by atoms with Crippen LogP contribution in [0.1, 0.15) is 30.9 Å². The van der Waals surface area contributed by atoms with E-state index in [0.29, 0.717) is 56.0 Å². The number of halogens is 1. The van der Waals surface area contributed by atoms with E-state index in [9.17, 15) is 13.2 Å². The molecule has 0 unspecified atom stereocenters. The number of nitrogens with zero attached hydrogens (tertiary/aromatic N) is 1. The number of fused-ring (bicyclic) bond motifs is 1. The first-order valence-corrected chi connectivity index (χ1v) is 13.6. The van der Waals surface area contributed by atoms with Gasteiger partial charge in [-0.05, 0) is 54.5 Å². The summed E-state index contributed by atoms with van der Waals surface area (Å²) in [7, 11) is -3.74. The zero-order valence-corrected chi connectivity index (χ0v) is 21.2. The number of piperidine rings is 1. The molecule has 1 fully saturated rings. The Labute approximate surface area is 211 Å². The average Bonchev–Trinajstić information content (AvgIpc) is 2.85. The fraction of sp³-hybridized carbons (Fsp3) is 0.346. The van der Waals surface area contributed by atoms with Crippen molar-refractivity contribution in [2.75, 3.05) is 19.7 Å². The number of hydrogen-bond acceptors (Lipinski definition) is 5. The summed E-state index contributed by atoms with van der Waals surface area (Å²) in [4.78, 5) is 13.8. The number of carbonyl (C=O) groups excluding carboxylic acids is 1. The Balaban J connectivity index is 1.45. The lowest BCUT2D eigenvalue weighted by atomic mass is 10.0. The highest BCUT2D eigenvalue weighted by molar-refractivity contribution is 7.89. The molecule has 0 radical (unpaired) electrons. The molecule has 0 spiro atoms. The summed E-state index contributed by atoms with van der Waals surface area (Å²) in [5.41, 5.74) is 2.15. The third-order valence-corrected chi connectivity index (χ3v) is 8.00.